The number of nitrogens with zero attached hydrogens (tertiary/aromatic N) is 2. The van der Waals surface area contributed by atoms with Crippen molar-refractivity contribution >= 4 is 17.5 Å². The summed E-state index contributed by atoms with van der Waals surface area (Å²) in [6, 6.07) is 9.17. The molecule has 7 nitrogen and oxygen atoms in total. The molecular weight excluding hydrogens is 497 g/mol. The largest absolute Gasteiger partial charge is 0.394 e. The first-order valence-corrected chi connectivity index (χ1v) is 13.3. The van der Waals surface area contributed by atoms with Crippen molar-refractivity contribution in [1.29, 1.82) is 0 Å². The molecular formula is C28H35F3N4O3. The molecule has 3 fully saturated rings. The Bertz CT molecular complexity index is 1190. The average Bonchev–Trinajstić information content (AvgIpc) is 3.46. The lowest BCUT2D eigenvalue weighted by Crippen LogP contribution is -2.33. The highest BCUT2D eigenvalue weighted by Gasteiger charge is 2.57. The molecule has 2 aromatic rings. The van der Waals surface area contributed by atoms with Gasteiger partial charge in [0.05, 0.1) is 18.9 Å². The number of pyridine rings is 1. The fourth-order valence-corrected chi connectivity index (χ4v) is 5.86. The summed E-state index contributed by atoms with van der Waals surface area (Å²) in [6.07, 6.45) is -2.78. The maximum absolute atomic E-state index is 12.9. The van der Waals surface area contributed by atoms with Crippen LogP contribution < -0.4 is 10.6 Å². The van der Waals surface area contributed by atoms with E-state index in [-0.39, 0.29) is 30.6 Å². The summed E-state index contributed by atoms with van der Waals surface area (Å²) in [5.74, 6) is 0.579. The van der Waals surface area contributed by atoms with Crippen molar-refractivity contribution in [2.45, 2.75) is 57.2 Å². The van der Waals surface area contributed by atoms with Gasteiger partial charge in [-0.15, -0.1) is 0 Å². The molecule has 3 heterocycles. The zero-order valence-corrected chi connectivity index (χ0v) is 21.8. The molecule has 0 spiro atoms. The van der Waals surface area contributed by atoms with Crippen LogP contribution in [-0.2, 0) is 10.2 Å². The third kappa shape index (κ3) is 5.76. The molecule has 1 aromatic carbocycles. The Balaban J connectivity index is 1.39. The lowest BCUT2D eigenvalue weighted by atomic mass is 9.90. The van der Waals surface area contributed by atoms with Crippen molar-refractivity contribution < 1.29 is 27.8 Å². The first-order valence-electron chi connectivity index (χ1n) is 13.3. The number of nitrogens with one attached hydrogen (secondary N) is 2. The zero-order chi connectivity index (χ0) is 27.1. The van der Waals surface area contributed by atoms with Crippen LogP contribution in [-0.4, -0.2) is 66.1 Å². The van der Waals surface area contributed by atoms with E-state index in [2.05, 4.69) is 16.7 Å². The van der Waals surface area contributed by atoms with Gasteiger partial charge in [-0.05, 0) is 85.9 Å². The van der Waals surface area contributed by atoms with Crippen molar-refractivity contribution in [2.75, 3.05) is 43.5 Å². The number of halogens is 3. The number of anilines is 2. The summed E-state index contributed by atoms with van der Waals surface area (Å²) >= 11 is 0. The van der Waals surface area contributed by atoms with Crippen LogP contribution in [0.3, 0.4) is 0 Å². The minimum absolute atomic E-state index is 0.00951. The molecule has 5 rings (SSSR count). The Hall–Kier alpha value is -2.85. The molecule has 1 unspecified atom stereocenters. The van der Waals surface area contributed by atoms with E-state index in [1.807, 2.05) is 38.1 Å². The lowest BCUT2D eigenvalue weighted by Gasteiger charge is -2.24. The molecule has 0 bridgehead atoms. The number of hydrogen-bond acceptors (Lipinski definition) is 5. The van der Waals surface area contributed by atoms with E-state index in [1.54, 1.807) is 0 Å². The number of aliphatic hydroxyl groups is 1. The van der Waals surface area contributed by atoms with Crippen LogP contribution in [0.4, 0.5) is 29.5 Å². The van der Waals surface area contributed by atoms with E-state index in [0.29, 0.717) is 37.0 Å². The highest BCUT2D eigenvalue weighted by Crippen LogP contribution is 2.58. The van der Waals surface area contributed by atoms with Crippen LogP contribution in [0.15, 0.2) is 30.3 Å². The van der Waals surface area contributed by atoms with Crippen LogP contribution in [0.25, 0.3) is 11.1 Å². The molecule has 2 aliphatic heterocycles. The van der Waals surface area contributed by atoms with E-state index in [4.69, 9.17) is 9.72 Å². The van der Waals surface area contributed by atoms with Crippen LogP contribution in [0.2, 0.25) is 0 Å². The van der Waals surface area contributed by atoms with Crippen LogP contribution in [0, 0.1) is 18.8 Å². The van der Waals surface area contributed by atoms with Gasteiger partial charge in [0.15, 0.2) is 0 Å². The summed E-state index contributed by atoms with van der Waals surface area (Å²) in [5.41, 5.74) is 4.51. The summed E-state index contributed by atoms with van der Waals surface area (Å²) in [6.45, 7) is 5.72. The molecule has 4 atom stereocenters. The average molecular weight is 533 g/mol. The van der Waals surface area contributed by atoms with Crippen molar-refractivity contribution in [2.24, 2.45) is 11.8 Å². The fraction of sp³-hybridized carbons (Fsp3) is 0.571. The molecule has 38 heavy (non-hydrogen) atoms. The summed E-state index contributed by atoms with van der Waals surface area (Å²) in [5, 5.41) is 15.7. The monoisotopic (exact) mass is 532 g/mol. The highest BCUT2D eigenvalue weighted by molar-refractivity contribution is 5.90. The molecule has 1 aromatic heterocycles. The molecule has 1 aliphatic carbocycles. The molecule has 1 saturated carbocycles. The van der Waals surface area contributed by atoms with Crippen molar-refractivity contribution in [3.63, 3.8) is 0 Å². The summed E-state index contributed by atoms with van der Waals surface area (Å²) in [4.78, 5) is 19.2. The minimum Gasteiger partial charge on any atom is -0.394 e. The van der Waals surface area contributed by atoms with Gasteiger partial charge in [-0.3, -0.25) is 0 Å². The number of carbonyl (C=O) groups is 1. The Morgan fingerprint density at radius 1 is 1.32 bits per heavy atom. The Morgan fingerprint density at radius 2 is 2.13 bits per heavy atom. The number of alkyl halides is 3. The molecule has 0 radical (unpaired) electrons. The van der Waals surface area contributed by atoms with Gasteiger partial charge < -0.3 is 25.4 Å². The standard InChI is InChI=1S/C28H35F3N4O3/c1-17-3-4-22(33-26(37)35-7-5-19(14-35)12-28(29,30)31)11-23(17)20-9-24(27-6-8-38-16-21(27)13-27)34-25(10-20)32-18(2)15-36/h3-4,9-11,18-19,21,36H,5-8,12-16H2,1-2H3,(H,32,34)(H,33,37)/t18-,19?,21-,27+/m1/s1. The number of ether oxygens (including phenoxy) is 1. The molecule has 3 N–H and O–H groups in total. The number of urea groups is 1. The number of carbonyl (C=O) groups excluding carboxylic acids is 1. The number of aliphatic hydroxyl groups excluding tert-OH is 1. The number of aryl methyl sites for hydroxylation is 1. The van der Waals surface area contributed by atoms with E-state index in [0.717, 1.165) is 41.8 Å². The molecule has 2 amide bonds. The minimum atomic E-state index is -4.22. The normalized spacial score (nSPS) is 25.6. The number of fused-ring (bicyclic) bond motifs is 1. The van der Waals surface area contributed by atoms with Gasteiger partial charge in [-0.2, -0.15) is 13.2 Å². The first-order chi connectivity index (χ1) is 18.1. The Morgan fingerprint density at radius 3 is 2.87 bits per heavy atom. The van der Waals surface area contributed by atoms with Crippen LogP contribution >= 0.6 is 0 Å². The molecule has 3 aliphatic rings. The van der Waals surface area contributed by atoms with Gasteiger partial charge in [0.25, 0.3) is 0 Å². The topological polar surface area (TPSA) is 86.7 Å². The van der Waals surface area contributed by atoms with E-state index in [1.165, 1.54) is 4.90 Å². The second-order valence-corrected chi connectivity index (χ2v) is 11.1. The smallest absolute Gasteiger partial charge is 0.389 e. The number of benzene rings is 1. The van der Waals surface area contributed by atoms with Crippen LogP contribution in [0.1, 0.15) is 43.9 Å². The van der Waals surface area contributed by atoms with Gasteiger partial charge in [0.1, 0.15) is 5.82 Å². The predicted molar refractivity (Wildman–Crippen MR) is 139 cm³/mol. The molecule has 2 saturated heterocycles. The second-order valence-electron chi connectivity index (χ2n) is 11.1. The van der Waals surface area contributed by atoms with Gasteiger partial charge >= 0.3 is 12.2 Å². The van der Waals surface area contributed by atoms with E-state index in [9.17, 15) is 23.1 Å². The van der Waals surface area contributed by atoms with Crippen molar-refractivity contribution in [3.05, 3.63) is 41.6 Å². The summed E-state index contributed by atoms with van der Waals surface area (Å²) in [7, 11) is 0. The SMILES string of the molecule is Cc1ccc(NC(=O)N2CCC(CC(F)(F)F)C2)cc1-c1cc(N[C@H](C)CO)nc([C@]23CCOC[C@H]2C3)c1. The maximum atomic E-state index is 12.9. The third-order valence-electron chi connectivity index (χ3n) is 8.14. The van der Waals surface area contributed by atoms with E-state index >= 15 is 0 Å². The maximum Gasteiger partial charge on any atom is 0.389 e. The van der Waals surface area contributed by atoms with Crippen molar-refractivity contribution in [3.8, 4) is 11.1 Å². The van der Waals surface area contributed by atoms with Gasteiger partial charge in [0.2, 0.25) is 0 Å². The number of likely N-dealkylation sites (tertiary alicyclic amines) is 1. The quantitative estimate of drug-likeness (QED) is 0.449. The Kier molecular flexibility index (Phi) is 7.30. The summed E-state index contributed by atoms with van der Waals surface area (Å²) < 4.78 is 44.0. The van der Waals surface area contributed by atoms with Crippen molar-refractivity contribution in [1.82, 2.24) is 9.88 Å². The number of rotatable bonds is 7. The zero-order valence-electron chi connectivity index (χ0n) is 21.8. The van der Waals surface area contributed by atoms with Gasteiger partial charge in [0, 0.05) is 43.3 Å². The number of hydrogen-bond donors (Lipinski definition) is 3. The highest BCUT2D eigenvalue weighted by atomic mass is 19.4. The molecule has 10 heteroatoms. The van der Waals surface area contributed by atoms with E-state index < -0.39 is 18.5 Å². The number of aromatic nitrogens is 1. The fourth-order valence-electron chi connectivity index (χ4n) is 5.86. The lowest BCUT2D eigenvalue weighted by molar-refractivity contribution is -0.143. The van der Waals surface area contributed by atoms with Gasteiger partial charge in [-0.25, -0.2) is 9.78 Å². The third-order valence-corrected chi connectivity index (χ3v) is 8.14. The van der Waals surface area contributed by atoms with Crippen LogP contribution in [0.5, 0.6) is 0 Å². The Labute approximate surface area is 220 Å². The number of amides is 2. The first kappa shape index (κ1) is 26.7. The molecule has 206 valence electrons. The predicted octanol–water partition coefficient (Wildman–Crippen LogP) is 5.33. The second kappa shape index (κ2) is 10.4. The van der Waals surface area contributed by atoms with Gasteiger partial charge in [-0.1, -0.05) is 6.07 Å².